The summed E-state index contributed by atoms with van der Waals surface area (Å²) in [5.74, 6) is 0. The molecular weight excluding hydrogens is 146 g/mol. The fraction of sp³-hybridized carbons (Fsp3) is 0.667. The molecule has 10 heavy (non-hydrogen) atoms. The average molecular weight is 157 g/mol. The molecule has 0 aromatic carbocycles. The molecule has 2 N–H and O–H groups in total. The fourth-order valence-electron chi connectivity index (χ4n) is 0.818. The summed E-state index contributed by atoms with van der Waals surface area (Å²) in [5.41, 5.74) is 6.48. The van der Waals surface area contributed by atoms with Crippen LogP contribution in [-0.4, -0.2) is 9.59 Å². The third-order valence-electron chi connectivity index (χ3n) is 1.24. The Bertz CT molecular complexity index is 223. The summed E-state index contributed by atoms with van der Waals surface area (Å²) in [6.07, 6.45) is 0. The van der Waals surface area contributed by atoms with Crippen LogP contribution in [0.3, 0.4) is 0 Å². The Balaban J connectivity index is 3.05. The summed E-state index contributed by atoms with van der Waals surface area (Å²) >= 11 is 1.37. The summed E-state index contributed by atoms with van der Waals surface area (Å²) < 4.78 is 3.80. The highest BCUT2D eigenvalue weighted by atomic mass is 32.1. The van der Waals surface area contributed by atoms with Crippen LogP contribution in [-0.2, 0) is 5.54 Å². The van der Waals surface area contributed by atoms with Gasteiger partial charge in [0.2, 0.25) is 0 Å². The molecule has 0 radical (unpaired) electrons. The number of rotatable bonds is 1. The first-order valence-electron chi connectivity index (χ1n) is 3.10. The van der Waals surface area contributed by atoms with E-state index in [-0.39, 0.29) is 5.54 Å². The largest absolute Gasteiger partial charge is 0.321 e. The number of hydrogen-bond acceptors (Lipinski definition) is 4. The lowest BCUT2D eigenvalue weighted by Gasteiger charge is -2.15. The van der Waals surface area contributed by atoms with Gasteiger partial charge in [-0.05, 0) is 32.3 Å². The highest BCUT2D eigenvalue weighted by molar-refractivity contribution is 7.05. The Hall–Kier alpha value is -0.480. The minimum absolute atomic E-state index is 0.293. The lowest BCUT2D eigenvalue weighted by atomic mass is 10.0. The van der Waals surface area contributed by atoms with Crippen molar-refractivity contribution < 1.29 is 0 Å². The molecule has 0 fully saturated rings. The SMILES string of the molecule is Cc1nnsc1C(C)(C)N. The van der Waals surface area contributed by atoms with Crippen LogP contribution >= 0.6 is 11.5 Å². The van der Waals surface area contributed by atoms with Crippen LogP contribution in [0.5, 0.6) is 0 Å². The topological polar surface area (TPSA) is 51.8 Å². The molecule has 0 aliphatic heterocycles. The molecule has 1 rings (SSSR count). The van der Waals surface area contributed by atoms with Crippen molar-refractivity contribution in [2.75, 3.05) is 0 Å². The van der Waals surface area contributed by atoms with E-state index in [4.69, 9.17) is 5.73 Å². The third kappa shape index (κ3) is 1.33. The van der Waals surface area contributed by atoms with Gasteiger partial charge in [0.25, 0.3) is 0 Å². The maximum atomic E-state index is 5.83. The van der Waals surface area contributed by atoms with Gasteiger partial charge in [0.15, 0.2) is 0 Å². The molecule has 4 heteroatoms. The average Bonchev–Trinajstić information content (AvgIpc) is 2.11. The molecule has 56 valence electrons. The van der Waals surface area contributed by atoms with Crippen LogP contribution in [0, 0.1) is 6.92 Å². The Kier molecular flexibility index (Phi) is 1.74. The van der Waals surface area contributed by atoms with Crippen molar-refractivity contribution in [2.45, 2.75) is 26.3 Å². The van der Waals surface area contributed by atoms with Gasteiger partial charge >= 0.3 is 0 Å². The van der Waals surface area contributed by atoms with Crippen molar-refractivity contribution in [1.82, 2.24) is 9.59 Å². The second-order valence-corrected chi connectivity index (χ2v) is 3.66. The molecule has 1 aromatic rings. The van der Waals surface area contributed by atoms with E-state index in [1.165, 1.54) is 11.5 Å². The van der Waals surface area contributed by atoms with Crippen molar-refractivity contribution in [1.29, 1.82) is 0 Å². The Labute approximate surface area is 64.4 Å². The lowest BCUT2D eigenvalue weighted by Crippen LogP contribution is -2.28. The normalized spacial score (nSPS) is 12.0. The first-order chi connectivity index (χ1) is 4.52. The van der Waals surface area contributed by atoms with Gasteiger partial charge in [-0.15, -0.1) is 5.10 Å². The fourth-order valence-corrected chi connectivity index (χ4v) is 1.47. The van der Waals surface area contributed by atoms with E-state index < -0.39 is 0 Å². The zero-order chi connectivity index (χ0) is 7.78. The number of aryl methyl sites for hydroxylation is 1. The van der Waals surface area contributed by atoms with Gasteiger partial charge in [0.05, 0.1) is 10.6 Å². The minimum Gasteiger partial charge on any atom is -0.321 e. The van der Waals surface area contributed by atoms with Crippen molar-refractivity contribution in [3.05, 3.63) is 10.6 Å². The Morgan fingerprint density at radius 2 is 2.10 bits per heavy atom. The van der Waals surface area contributed by atoms with Crippen LogP contribution in [0.1, 0.15) is 24.4 Å². The van der Waals surface area contributed by atoms with Crippen LogP contribution in [0.25, 0.3) is 0 Å². The van der Waals surface area contributed by atoms with Gasteiger partial charge in [-0.2, -0.15) is 0 Å². The van der Waals surface area contributed by atoms with E-state index in [9.17, 15) is 0 Å². The van der Waals surface area contributed by atoms with Crippen molar-refractivity contribution >= 4 is 11.5 Å². The zero-order valence-electron chi connectivity index (χ0n) is 6.38. The van der Waals surface area contributed by atoms with Crippen molar-refractivity contribution in [3.63, 3.8) is 0 Å². The molecule has 0 aliphatic rings. The molecule has 0 amide bonds. The van der Waals surface area contributed by atoms with Gasteiger partial charge in [-0.1, -0.05) is 4.49 Å². The third-order valence-corrected chi connectivity index (χ3v) is 2.40. The highest BCUT2D eigenvalue weighted by Gasteiger charge is 2.19. The minimum atomic E-state index is -0.293. The molecule has 0 saturated carbocycles. The van der Waals surface area contributed by atoms with Gasteiger partial charge in [0.1, 0.15) is 0 Å². The van der Waals surface area contributed by atoms with Gasteiger partial charge in [-0.25, -0.2) is 0 Å². The summed E-state index contributed by atoms with van der Waals surface area (Å²) in [7, 11) is 0. The second-order valence-electron chi connectivity index (χ2n) is 2.91. The van der Waals surface area contributed by atoms with Crippen molar-refractivity contribution in [3.8, 4) is 0 Å². The van der Waals surface area contributed by atoms with Crippen molar-refractivity contribution in [2.24, 2.45) is 5.73 Å². The molecular formula is C6H11N3S. The monoisotopic (exact) mass is 157 g/mol. The first-order valence-corrected chi connectivity index (χ1v) is 3.87. The quantitative estimate of drug-likeness (QED) is 0.662. The van der Waals surface area contributed by atoms with Crippen LogP contribution < -0.4 is 5.73 Å². The zero-order valence-corrected chi connectivity index (χ0v) is 7.20. The van der Waals surface area contributed by atoms with E-state index in [0.717, 1.165) is 10.6 Å². The Morgan fingerprint density at radius 1 is 1.50 bits per heavy atom. The highest BCUT2D eigenvalue weighted by Crippen LogP contribution is 2.22. The molecule has 3 nitrogen and oxygen atoms in total. The first kappa shape index (κ1) is 7.63. The molecule has 0 atom stereocenters. The Morgan fingerprint density at radius 3 is 2.30 bits per heavy atom. The molecule has 0 bridgehead atoms. The number of nitrogens with zero attached hydrogens (tertiary/aromatic N) is 2. The van der Waals surface area contributed by atoms with Crippen LogP contribution in [0.2, 0.25) is 0 Å². The molecule has 0 saturated heterocycles. The molecule has 1 heterocycles. The van der Waals surface area contributed by atoms with Crippen LogP contribution in [0.4, 0.5) is 0 Å². The standard InChI is InChI=1S/C6H11N3S/c1-4-5(6(2,3)7)10-9-8-4/h7H2,1-3H3. The van der Waals surface area contributed by atoms with E-state index in [1.807, 2.05) is 20.8 Å². The van der Waals surface area contributed by atoms with E-state index in [0.29, 0.717) is 0 Å². The van der Waals surface area contributed by atoms with Gasteiger partial charge in [-0.3, -0.25) is 0 Å². The molecule has 0 spiro atoms. The summed E-state index contributed by atoms with van der Waals surface area (Å²) in [6, 6.07) is 0. The summed E-state index contributed by atoms with van der Waals surface area (Å²) in [5, 5.41) is 3.87. The summed E-state index contributed by atoms with van der Waals surface area (Å²) in [6.45, 7) is 5.83. The molecule has 0 unspecified atom stereocenters. The molecule has 1 aromatic heterocycles. The van der Waals surface area contributed by atoms with Crippen LogP contribution in [0.15, 0.2) is 0 Å². The van der Waals surface area contributed by atoms with E-state index in [2.05, 4.69) is 9.59 Å². The van der Waals surface area contributed by atoms with Gasteiger partial charge < -0.3 is 5.73 Å². The number of hydrogen-bond donors (Lipinski definition) is 1. The van der Waals surface area contributed by atoms with E-state index in [1.54, 1.807) is 0 Å². The maximum absolute atomic E-state index is 5.83. The maximum Gasteiger partial charge on any atom is 0.0775 e. The second kappa shape index (κ2) is 2.29. The lowest BCUT2D eigenvalue weighted by molar-refractivity contribution is 0.562. The predicted molar refractivity (Wildman–Crippen MR) is 41.9 cm³/mol. The predicted octanol–water partition coefficient (Wildman–Crippen LogP) is 1.04. The number of aromatic nitrogens is 2. The van der Waals surface area contributed by atoms with E-state index >= 15 is 0 Å². The van der Waals surface area contributed by atoms with Gasteiger partial charge in [0, 0.05) is 5.54 Å². The molecule has 0 aliphatic carbocycles. The number of nitrogens with two attached hydrogens (primary N) is 1. The summed E-state index contributed by atoms with van der Waals surface area (Å²) in [4.78, 5) is 1.06. The smallest absolute Gasteiger partial charge is 0.0775 e.